The number of oxazole rings is 1. The molecule has 2 heterocycles. The zero-order chi connectivity index (χ0) is 29.4. The average molecular weight is 565 g/mol. The lowest BCUT2D eigenvalue weighted by molar-refractivity contribution is 0.623. The van der Waals surface area contributed by atoms with Gasteiger partial charge in [-0.05, 0) is 80.9 Å². The van der Waals surface area contributed by atoms with E-state index in [0.29, 0.717) is 5.89 Å². The minimum atomic E-state index is -0.0502. The molecule has 0 spiro atoms. The van der Waals surface area contributed by atoms with Crippen LogP contribution in [0, 0.1) is 0 Å². The quantitative estimate of drug-likeness (QED) is 0.200. The molecule has 0 saturated carbocycles. The van der Waals surface area contributed by atoms with Crippen molar-refractivity contribution in [3.63, 3.8) is 0 Å². The summed E-state index contributed by atoms with van der Waals surface area (Å²) in [5, 5.41) is 4.49. The highest BCUT2D eigenvalue weighted by atomic mass is 16.3. The van der Waals surface area contributed by atoms with Gasteiger partial charge < -0.3 is 4.42 Å². The third-order valence-corrected chi connectivity index (χ3v) is 9.30. The van der Waals surface area contributed by atoms with Crippen LogP contribution in [0.5, 0.6) is 0 Å². The first kappa shape index (κ1) is 25.0. The van der Waals surface area contributed by atoms with Crippen LogP contribution < -0.4 is 0 Å². The number of aromatic nitrogens is 2. The Hall–Kier alpha value is -5.54. The van der Waals surface area contributed by atoms with Crippen molar-refractivity contribution in [3.8, 4) is 45.1 Å². The molecule has 44 heavy (non-hydrogen) atoms. The summed E-state index contributed by atoms with van der Waals surface area (Å²) in [7, 11) is 0. The van der Waals surface area contributed by atoms with Crippen molar-refractivity contribution in [2.24, 2.45) is 0 Å². The molecule has 208 valence electrons. The molecule has 9 rings (SSSR count). The predicted molar refractivity (Wildman–Crippen MR) is 181 cm³/mol. The smallest absolute Gasteiger partial charge is 0.227 e. The molecule has 0 amide bonds. The summed E-state index contributed by atoms with van der Waals surface area (Å²) >= 11 is 0. The van der Waals surface area contributed by atoms with Crippen molar-refractivity contribution in [2.75, 3.05) is 0 Å². The fourth-order valence-corrected chi connectivity index (χ4v) is 7.00. The molecular formula is C41H28N2O. The monoisotopic (exact) mass is 564 g/mol. The standard InChI is InChI=1S/C41H28N2O/c1-41(2)33-12-7-6-11-30(33)31-21-19-29(24-34(31)41)36-14-8-13-35(42-36)28-18-16-25-15-17-26-20-22-37-39(38(26)32(25)23-28)44-40(43-37)27-9-4-3-5-10-27/h3-24H,1-2H3. The van der Waals surface area contributed by atoms with E-state index in [4.69, 9.17) is 14.4 Å². The first-order chi connectivity index (χ1) is 21.5. The molecule has 8 aromatic rings. The van der Waals surface area contributed by atoms with Gasteiger partial charge in [-0.25, -0.2) is 9.97 Å². The highest BCUT2D eigenvalue weighted by Crippen LogP contribution is 2.49. The van der Waals surface area contributed by atoms with E-state index >= 15 is 0 Å². The highest BCUT2D eigenvalue weighted by molar-refractivity contribution is 6.18. The molecule has 0 bridgehead atoms. The molecule has 3 heteroatoms. The zero-order valence-electron chi connectivity index (χ0n) is 24.5. The van der Waals surface area contributed by atoms with Crippen molar-refractivity contribution < 1.29 is 4.42 Å². The van der Waals surface area contributed by atoms with Crippen LogP contribution in [0.4, 0.5) is 0 Å². The molecule has 0 unspecified atom stereocenters. The van der Waals surface area contributed by atoms with Gasteiger partial charge in [0.25, 0.3) is 0 Å². The Labute approximate surface area is 255 Å². The number of benzene rings is 6. The van der Waals surface area contributed by atoms with Crippen LogP contribution in [-0.4, -0.2) is 9.97 Å². The molecule has 3 nitrogen and oxygen atoms in total. The van der Waals surface area contributed by atoms with Gasteiger partial charge >= 0.3 is 0 Å². The van der Waals surface area contributed by atoms with Gasteiger partial charge in [-0.1, -0.05) is 105 Å². The molecule has 1 aliphatic carbocycles. The summed E-state index contributed by atoms with van der Waals surface area (Å²) in [5.74, 6) is 0.635. The molecule has 0 saturated heterocycles. The lowest BCUT2D eigenvalue weighted by atomic mass is 9.82. The molecule has 2 aromatic heterocycles. The molecule has 0 radical (unpaired) electrons. The van der Waals surface area contributed by atoms with E-state index in [9.17, 15) is 0 Å². The summed E-state index contributed by atoms with van der Waals surface area (Å²) in [6, 6.07) is 47.1. The van der Waals surface area contributed by atoms with Gasteiger partial charge in [0.05, 0.1) is 11.4 Å². The van der Waals surface area contributed by atoms with Gasteiger partial charge in [0.2, 0.25) is 5.89 Å². The van der Waals surface area contributed by atoms with E-state index in [0.717, 1.165) is 60.7 Å². The van der Waals surface area contributed by atoms with E-state index in [1.807, 2.05) is 36.4 Å². The molecule has 1 aliphatic rings. The van der Waals surface area contributed by atoms with Crippen molar-refractivity contribution in [1.82, 2.24) is 9.97 Å². The highest BCUT2D eigenvalue weighted by Gasteiger charge is 2.35. The van der Waals surface area contributed by atoms with Crippen LogP contribution in [0.3, 0.4) is 0 Å². The van der Waals surface area contributed by atoms with Gasteiger partial charge in [0, 0.05) is 27.5 Å². The van der Waals surface area contributed by atoms with Crippen LogP contribution in [0.2, 0.25) is 0 Å². The SMILES string of the molecule is CC1(C)c2ccccc2-c2ccc(-c3cccc(-c4ccc5ccc6ccc7nc(-c8ccccc8)oc7c6c5c4)n3)cc21. The summed E-state index contributed by atoms with van der Waals surface area (Å²) in [6.45, 7) is 4.64. The summed E-state index contributed by atoms with van der Waals surface area (Å²) in [6.07, 6.45) is 0. The van der Waals surface area contributed by atoms with E-state index in [-0.39, 0.29) is 5.41 Å². The predicted octanol–water partition coefficient (Wildman–Crippen LogP) is 10.8. The minimum absolute atomic E-state index is 0.0502. The number of nitrogens with zero attached hydrogens (tertiary/aromatic N) is 2. The Morgan fingerprint density at radius 1 is 0.523 bits per heavy atom. The first-order valence-electron chi connectivity index (χ1n) is 15.1. The largest absolute Gasteiger partial charge is 0.435 e. The molecular weight excluding hydrogens is 536 g/mol. The summed E-state index contributed by atoms with van der Waals surface area (Å²) in [4.78, 5) is 10.0. The van der Waals surface area contributed by atoms with Crippen molar-refractivity contribution in [1.29, 1.82) is 0 Å². The van der Waals surface area contributed by atoms with E-state index in [1.165, 1.54) is 22.3 Å². The normalized spacial score (nSPS) is 13.4. The van der Waals surface area contributed by atoms with Crippen molar-refractivity contribution >= 4 is 32.6 Å². The Morgan fingerprint density at radius 2 is 1.20 bits per heavy atom. The second-order valence-corrected chi connectivity index (χ2v) is 12.2. The summed E-state index contributed by atoms with van der Waals surface area (Å²) < 4.78 is 6.45. The fraction of sp³-hybridized carbons (Fsp3) is 0.0732. The van der Waals surface area contributed by atoms with E-state index < -0.39 is 0 Å². The van der Waals surface area contributed by atoms with Crippen molar-refractivity contribution in [3.05, 3.63) is 145 Å². The number of rotatable bonds is 3. The second kappa shape index (κ2) is 9.23. The third kappa shape index (κ3) is 3.69. The van der Waals surface area contributed by atoms with Gasteiger partial charge in [-0.3, -0.25) is 0 Å². The lowest BCUT2D eigenvalue weighted by Crippen LogP contribution is -2.14. The number of pyridine rings is 1. The Morgan fingerprint density at radius 3 is 2.07 bits per heavy atom. The Balaban J connectivity index is 1.17. The number of fused-ring (bicyclic) bond motifs is 8. The Bertz CT molecular complexity index is 2420. The van der Waals surface area contributed by atoms with Crippen LogP contribution in [0.1, 0.15) is 25.0 Å². The van der Waals surface area contributed by atoms with Gasteiger partial charge in [-0.2, -0.15) is 0 Å². The van der Waals surface area contributed by atoms with Gasteiger partial charge in [0.15, 0.2) is 5.58 Å². The Kier molecular flexibility index (Phi) is 5.24. The molecule has 6 aromatic carbocycles. The lowest BCUT2D eigenvalue weighted by Gasteiger charge is -2.21. The van der Waals surface area contributed by atoms with E-state index in [2.05, 4.69) is 111 Å². The molecule has 0 aliphatic heterocycles. The molecule has 0 atom stereocenters. The summed E-state index contributed by atoms with van der Waals surface area (Å²) in [5.41, 5.74) is 12.1. The third-order valence-electron chi connectivity index (χ3n) is 9.30. The maximum Gasteiger partial charge on any atom is 0.227 e. The number of hydrogen-bond acceptors (Lipinski definition) is 3. The fourth-order valence-electron chi connectivity index (χ4n) is 7.00. The maximum absolute atomic E-state index is 6.45. The molecule has 0 fully saturated rings. The van der Waals surface area contributed by atoms with Gasteiger partial charge in [0.1, 0.15) is 5.52 Å². The van der Waals surface area contributed by atoms with Crippen LogP contribution in [0.15, 0.2) is 138 Å². The van der Waals surface area contributed by atoms with Crippen molar-refractivity contribution in [2.45, 2.75) is 19.3 Å². The number of hydrogen-bond donors (Lipinski definition) is 0. The first-order valence-corrected chi connectivity index (χ1v) is 15.1. The van der Waals surface area contributed by atoms with Gasteiger partial charge in [-0.15, -0.1) is 0 Å². The topological polar surface area (TPSA) is 38.9 Å². The second-order valence-electron chi connectivity index (χ2n) is 12.2. The van der Waals surface area contributed by atoms with Crippen LogP contribution >= 0.6 is 0 Å². The minimum Gasteiger partial charge on any atom is -0.435 e. The maximum atomic E-state index is 6.45. The zero-order valence-corrected chi connectivity index (χ0v) is 24.5. The van der Waals surface area contributed by atoms with Crippen LogP contribution in [-0.2, 0) is 5.41 Å². The molecule has 0 N–H and O–H groups in total. The van der Waals surface area contributed by atoms with E-state index in [1.54, 1.807) is 0 Å². The average Bonchev–Trinajstić information content (AvgIpc) is 3.62. The van der Waals surface area contributed by atoms with Crippen LogP contribution in [0.25, 0.3) is 77.7 Å².